The number of methoxy groups -OCH3 is 2. The number of hydrogen-bond donors (Lipinski definition) is 1. The molecule has 0 unspecified atom stereocenters. The van der Waals surface area contributed by atoms with E-state index in [-0.39, 0.29) is 0 Å². The summed E-state index contributed by atoms with van der Waals surface area (Å²) in [6.07, 6.45) is 4.07. The summed E-state index contributed by atoms with van der Waals surface area (Å²) in [4.78, 5) is 0. The van der Waals surface area contributed by atoms with Crippen LogP contribution in [0, 0.1) is 0 Å². The topological polar surface area (TPSA) is 47.8 Å². The van der Waals surface area contributed by atoms with Crippen LogP contribution in [0.15, 0.2) is 96.2 Å². The third-order valence-corrected chi connectivity index (χ3v) is 6.07. The van der Waals surface area contributed by atoms with Gasteiger partial charge in [0.25, 0.3) is 0 Å². The minimum Gasteiger partial charge on any atom is -0.493 e. The van der Waals surface area contributed by atoms with Crippen LogP contribution in [0.2, 0.25) is 0 Å². The first-order valence-corrected chi connectivity index (χ1v) is 11.3. The Bertz CT molecular complexity index is 1460. The van der Waals surface area contributed by atoms with Gasteiger partial charge in [0, 0.05) is 29.2 Å². The fourth-order valence-corrected chi connectivity index (χ4v) is 4.37. The van der Waals surface area contributed by atoms with Crippen LogP contribution in [0.1, 0.15) is 16.7 Å². The molecule has 0 fully saturated rings. The maximum absolute atomic E-state index is 5.39. The molecule has 1 heterocycles. The van der Waals surface area contributed by atoms with Gasteiger partial charge in [0.1, 0.15) is 0 Å². The van der Waals surface area contributed by atoms with Crippen LogP contribution in [0.25, 0.3) is 21.7 Å². The summed E-state index contributed by atoms with van der Waals surface area (Å²) < 4.78 is 13.0. The number of nitrogens with one attached hydrogen (secondary N) is 1. The maximum atomic E-state index is 5.39. The van der Waals surface area contributed by atoms with Gasteiger partial charge in [-0.05, 0) is 40.1 Å². The van der Waals surface area contributed by atoms with Crippen LogP contribution in [-0.2, 0) is 13.1 Å². The lowest BCUT2D eigenvalue weighted by atomic mass is 10.0. The summed E-state index contributed by atoms with van der Waals surface area (Å²) in [6, 6.07) is 29.3. The molecule has 0 amide bonds. The van der Waals surface area contributed by atoms with Gasteiger partial charge in [-0.3, -0.25) is 0 Å². The normalized spacial score (nSPS) is 11.4. The fraction of sp³-hybridized carbons (Fsp3) is 0.138. The van der Waals surface area contributed by atoms with Gasteiger partial charge in [0.15, 0.2) is 11.5 Å². The number of hydrogen-bond acceptors (Lipinski definition) is 4. The Labute approximate surface area is 199 Å². The van der Waals surface area contributed by atoms with Gasteiger partial charge in [-0.1, -0.05) is 66.7 Å². The van der Waals surface area contributed by atoms with Crippen molar-refractivity contribution in [1.82, 2.24) is 9.99 Å². The second kappa shape index (κ2) is 9.71. The Balaban J connectivity index is 1.37. The molecule has 5 aromatic rings. The molecule has 0 aliphatic heterocycles. The van der Waals surface area contributed by atoms with Crippen molar-refractivity contribution in [2.24, 2.45) is 5.10 Å². The zero-order valence-corrected chi connectivity index (χ0v) is 19.4. The van der Waals surface area contributed by atoms with Gasteiger partial charge in [-0.2, -0.15) is 5.10 Å². The molecule has 0 saturated heterocycles. The van der Waals surface area contributed by atoms with Crippen molar-refractivity contribution < 1.29 is 9.47 Å². The zero-order chi connectivity index (χ0) is 23.3. The number of aromatic nitrogens is 1. The Morgan fingerprint density at radius 1 is 0.824 bits per heavy atom. The zero-order valence-electron chi connectivity index (χ0n) is 19.4. The second-order valence-electron chi connectivity index (χ2n) is 8.15. The number of benzene rings is 4. The maximum Gasteiger partial charge on any atom is 0.161 e. The lowest BCUT2D eigenvalue weighted by molar-refractivity contribution is 0.354. The number of nitrogens with zero attached hydrogens (tertiary/aromatic N) is 2. The average molecular weight is 450 g/mol. The predicted octanol–water partition coefficient (Wildman–Crippen LogP) is 5.98. The van der Waals surface area contributed by atoms with Gasteiger partial charge < -0.3 is 19.5 Å². The molecule has 0 bridgehead atoms. The van der Waals surface area contributed by atoms with Crippen molar-refractivity contribution >= 4 is 27.9 Å². The molecule has 0 spiro atoms. The lowest BCUT2D eigenvalue weighted by Gasteiger charge is -2.09. The van der Waals surface area contributed by atoms with E-state index in [0.29, 0.717) is 18.0 Å². The van der Waals surface area contributed by atoms with E-state index in [2.05, 4.69) is 88.0 Å². The van der Waals surface area contributed by atoms with Crippen LogP contribution < -0.4 is 14.9 Å². The first-order valence-electron chi connectivity index (χ1n) is 11.3. The Morgan fingerprint density at radius 3 is 2.44 bits per heavy atom. The van der Waals surface area contributed by atoms with Crippen molar-refractivity contribution in [3.8, 4) is 11.5 Å². The number of rotatable bonds is 8. The molecule has 0 radical (unpaired) electrons. The molecule has 5 nitrogen and oxygen atoms in total. The van der Waals surface area contributed by atoms with E-state index in [4.69, 9.17) is 9.47 Å². The average Bonchev–Trinajstić information content (AvgIpc) is 3.24. The SMILES string of the molecule is COc1ccc(CN/N=C/c2cn(Cc3cccc4ccccc34)c3ccccc23)cc1OC. The predicted molar refractivity (Wildman–Crippen MR) is 139 cm³/mol. The molecule has 1 N–H and O–H groups in total. The first kappa shape index (κ1) is 21.6. The molecule has 0 saturated carbocycles. The second-order valence-corrected chi connectivity index (χ2v) is 8.15. The van der Waals surface area contributed by atoms with Crippen LogP contribution in [0.4, 0.5) is 0 Å². The van der Waals surface area contributed by atoms with Gasteiger partial charge in [0.05, 0.1) is 27.0 Å². The summed E-state index contributed by atoms with van der Waals surface area (Å²) in [5, 5.41) is 8.22. The molecule has 0 atom stereocenters. The van der Waals surface area contributed by atoms with Gasteiger partial charge in [0.2, 0.25) is 0 Å². The summed E-state index contributed by atoms with van der Waals surface area (Å²) in [7, 11) is 3.28. The third-order valence-electron chi connectivity index (χ3n) is 6.07. The van der Waals surface area contributed by atoms with Crippen molar-refractivity contribution in [3.63, 3.8) is 0 Å². The first-order chi connectivity index (χ1) is 16.8. The Hall–Kier alpha value is -4.25. The van der Waals surface area contributed by atoms with Crippen molar-refractivity contribution in [2.45, 2.75) is 13.1 Å². The summed E-state index contributed by atoms with van der Waals surface area (Å²) >= 11 is 0. The third kappa shape index (κ3) is 4.33. The molecule has 5 rings (SSSR count). The number of para-hydroxylation sites is 1. The molecular weight excluding hydrogens is 422 g/mol. The molecule has 170 valence electrons. The highest BCUT2D eigenvalue weighted by atomic mass is 16.5. The summed E-state index contributed by atoms with van der Waals surface area (Å²) in [5.74, 6) is 1.43. The van der Waals surface area contributed by atoms with E-state index in [9.17, 15) is 0 Å². The number of ether oxygens (including phenoxy) is 2. The van der Waals surface area contributed by atoms with Gasteiger partial charge >= 0.3 is 0 Å². The van der Waals surface area contributed by atoms with E-state index < -0.39 is 0 Å². The largest absolute Gasteiger partial charge is 0.493 e. The number of fused-ring (bicyclic) bond motifs is 2. The molecule has 0 aliphatic carbocycles. The van der Waals surface area contributed by atoms with E-state index in [0.717, 1.165) is 17.7 Å². The lowest BCUT2D eigenvalue weighted by Crippen LogP contribution is -2.06. The van der Waals surface area contributed by atoms with Crippen molar-refractivity contribution in [1.29, 1.82) is 0 Å². The highest BCUT2D eigenvalue weighted by Crippen LogP contribution is 2.27. The minimum absolute atomic E-state index is 0.589. The van der Waals surface area contributed by atoms with Crippen molar-refractivity contribution in [3.05, 3.63) is 108 Å². The number of hydrazone groups is 1. The van der Waals surface area contributed by atoms with E-state index >= 15 is 0 Å². The van der Waals surface area contributed by atoms with Crippen LogP contribution >= 0.6 is 0 Å². The van der Waals surface area contributed by atoms with E-state index in [1.54, 1.807) is 14.2 Å². The minimum atomic E-state index is 0.589. The van der Waals surface area contributed by atoms with Crippen LogP contribution in [-0.4, -0.2) is 25.0 Å². The fourth-order valence-electron chi connectivity index (χ4n) is 4.37. The summed E-state index contributed by atoms with van der Waals surface area (Å²) in [5.41, 5.74) is 7.78. The monoisotopic (exact) mass is 449 g/mol. The van der Waals surface area contributed by atoms with E-state index in [1.165, 1.54) is 27.2 Å². The van der Waals surface area contributed by atoms with Crippen molar-refractivity contribution in [2.75, 3.05) is 14.2 Å². The molecule has 5 heteroatoms. The van der Waals surface area contributed by atoms with E-state index in [1.807, 2.05) is 24.4 Å². The Morgan fingerprint density at radius 2 is 1.59 bits per heavy atom. The molecule has 4 aromatic carbocycles. The smallest absolute Gasteiger partial charge is 0.161 e. The Kier molecular flexibility index (Phi) is 6.17. The molecular formula is C29H27N3O2. The quantitative estimate of drug-likeness (QED) is 0.234. The molecule has 0 aliphatic rings. The molecule has 34 heavy (non-hydrogen) atoms. The van der Waals surface area contributed by atoms with Crippen LogP contribution in [0.5, 0.6) is 11.5 Å². The highest BCUT2D eigenvalue weighted by Gasteiger charge is 2.09. The van der Waals surface area contributed by atoms with Crippen LogP contribution in [0.3, 0.4) is 0 Å². The van der Waals surface area contributed by atoms with Gasteiger partial charge in [-0.25, -0.2) is 0 Å². The summed E-state index contributed by atoms with van der Waals surface area (Å²) in [6.45, 7) is 1.39. The standard InChI is InChI=1S/C29H27N3O2/c1-33-28-15-14-21(16-29(28)34-2)17-30-31-18-24-20-32(27-13-6-5-12-26(24)27)19-23-10-7-9-22-8-3-4-11-25(22)23/h3-16,18,20,30H,17,19H2,1-2H3/b31-18+. The molecule has 1 aromatic heterocycles. The highest BCUT2D eigenvalue weighted by molar-refractivity contribution is 5.99. The van der Waals surface area contributed by atoms with Gasteiger partial charge in [-0.15, -0.1) is 0 Å².